The van der Waals surface area contributed by atoms with Crippen molar-refractivity contribution < 1.29 is 9.53 Å². The third-order valence-corrected chi connectivity index (χ3v) is 1.50. The van der Waals surface area contributed by atoms with Gasteiger partial charge in [0, 0.05) is 23.9 Å². The molecule has 0 fully saturated rings. The number of nitrogens with zero attached hydrogens (tertiary/aromatic N) is 1. The Labute approximate surface area is 76.8 Å². The fraction of sp³-hybridized carbons (Fsp3) is 0.200. The summed E-state index contributed by atoms with van der Waals surface area (Å²) in [7, 11) is 1.30. The summed E-state index contributed by atoms with van der Waals surface area (Å²) in [6.07, 6.45) is 3.33. The third-order valence-electron chi connectivity index (χ3n) is 1.50. The lowest BCUT2D eigenvalue weighted by Gasteiger charge is -1.93. The molecule has 3 heteroatoms. The monoisotopic (exact) mass is 175 g/mol. The van der Waals surface area contributed by atoms with Crippen LogP contribution in [0.4, 0.5) is 0 Å². The summed E-state index contributed by atoms with van der Waals surface area (Å²) in [5.41, 5.74) is 1.74. The molecule has 0 spiro atoms. The van der Waals surface area contributed by atoms with Crippen molar-refractivity contribution in [3.63, 3.8) is 0 Å². The molecule has 0 atom stereocenters. The lowest BCUT2D eigenvalue weighted by molar-refractivity contribution is -0.133. The van der Waals surface area contributed by atoms with Crippen LogP contribution in [-0.4, -0.2) is 18.1 Å². The van der Waals surface area contributed by atoms with Gasteiger partial charge in [-0.2, -0.15) is 0 Å². The highest BCUT2D eigenvalue weighted by Gasteiger charge is 1.93. The lowest BCUT2D eigenvalue weighted by atomic mass is 10.2. The number of rotatable bonds is 0. The first-order valence-electron chi connectivity index (χ1n) is 3.74. The van der Waals surface area contributed by atoms with Crippen LogP contribution in [-0.2, 0) is 9.53 Å². The molecular weight excluding hydrogens is 166 g/mol. The molecule has 3 nitrogen and oxygen atoms in total. The van der Waals surface area contributed by atoms with Crippen molar-refractivity contribution in [2.45, 2.75) is 6.92 Å². The maximum Gasteiger partial charge on any atom is 0.384 e. The molecule has 0 bridgehead atoms. The van der Waals surface area contributed by atoms with E-state index in [9.17, 15) is 4.79 Å². The van der Waals surface area contributed by atoms with E-state index in [0.29, 0.717) is 0 Å². The van der Waals surface area contributed by atoms with Gasteiger partial charge in [0.2, 0.25) is 0 Å². The highest BCUT2D eigenvalue weighted by molar-refractivity contribution is 5.89. The topological polar surface area (TPSA) is 39.2 Å². The zero-order chi connectivity index (χ0) is 9.68. The average molecular weight is 175 g/mol. The molecule has 0 saturated carbocycles. The Hall–Kier alpha value is -1.82. The molecule has 0 unspecified atom stereocenters. The number of hydrogen-bond donors (Lipinski definition) is 0. The van der Waals surface area contributed by atoms with E-state index < -0.39 is 5.97 Å². The zero-order valence-corrected chi connectivity index (χ0v) is 7.50. The minimum absolute atomic E-state index is 0.531. The Morgan fingerprint density at radius 1 is 1.62 bits per heavy atom. The van der Waals surface area contributed by atoms with Gasteiger partial charge < -0.3 is 4.74 Å². The lowest BCUT2D eigenvalue weighted by Crippen LogP contribution is -1.94. The first-order valence-corrected chi connectivity index (χ1v) is 3.74. The fourth-order valence-corrected chi connectivity index (χ4v) is 0.783. The third kappa shape index (κ3) is 2.60. The molecule has 0 aromatic carbocycles. The maximum absolute atomic E-state index is 10.7. The SMILES string of the molecule is COC(=O)C#Cc1ccncc1C. The molecule has 0 aliphatic heterocycles. The quantitative estimate of drug-likeness (QED) is 0.434. The second-order valence-corrected chi connectivity index (χ2v) is 2.43. The summed E-state index contributed by atoms with van der Waals surface area (Å²) in [5.74, 6) is 4.52. The standard InChI is InChI=1S/C10H9NO2/c1-8-7-11-6-5-9(8)3-4-10(12)13-2/h5-7H,1-2H3. The summed E-state index contributed by atoms with van der Waals surface area (Å²) >= 11 is 0. The van der Waals surface area contributed by atoms with Gasteiger partial charge in [-0.3, -0.25) is 4.98 Å². The van der Waals surface area contributed by atoms with E-state index in [4.69, 9.17) is 0 Å². The van der Waals surface area contributed by atoms with Crippen molar-refractivity contribution >= 4 is 5.97 Å². The van der Waals surface area contributed by atoms with Crippen molar-refractivity contribution in [1.29, 1.82) is 0 Å². The molecule has 1 heterocycles. The van der Waals surface area contributed by atoms with Crippen LogP contribution in [0, 0.1) is 18.8 Å². The zero-order valence-electron chi connectivity index (χ0n) is 7.50. The molecule has 0 aliphatic rings. The number of pyridine rings is 1. The van der Waals surface area contributed by atoms with Crippen LogP contribution in [0.2, 0.25) is 0 Å². The summed E-state index contributed by atoms with van der Waals surface area (Å²) in [5, 5.41) is 0. The molecule has 0 aliphatic carbocycles. The van der Waals surface area contributed by atoms with E-state index in [1.807, 2.05) is 6.92 Å². The first-order chi connectivity index (χ1) is 6.24. The Bertz CT molecular complexity index is 374. The van der Waals surface area contributed by atoms with Crippen molar-refractivity contribution in [2.24, 2.45) is 0 Å². The normalized spacial score (nSPS) is 8.46. The molecule has 66 valence electrons. The van der Waals surface area contributed by atoms with Crippen LogP contribution in [0.3, 0.4) is 0 Å². The smallest absolute Gasteiger partial charge is 0.384 e. The molecule has 1 aromatic rings. The number of methoxy groups -OCH3 is 1. The van der Waals surface area contributed by atoms with Crippen LogP contribution in [0.5, 0.6) is 0 Å². The van der Waals surface area contributed by atoms with Gasteiger partial charge in [-0.05, 0) is 18.6 Å². The number of carbonyl (C=O) groups excluding carboxylic acids is 1. The van der Waals surface area contributed by atoms with Gasteiger partial charge in [0.05, 0.1) is 7.11 Å². The number of carbonyl (C=O) groups is 1. The average Bonchev–Trinajstić information content (AvgIpc) is 2.16. The maximum atomic E-state index is 10.7. The number of aromatic nitrogens is 1. The van der Waals surface area contributed by atoms with E-state index in [2.05, 4.69) is 21.6 Å². The number of esters is 1. The minimum Gasteiger partial charge on any atom is -0.459 e. The molecule has 13 heavy (non-hydrogen) atoms. The first kappa shape index (κ1) is 9.27. The Morgan fingerprint density at radius 3 is 3.00 bits per heavy atom. The Morgan fingerprint density at radius 2 is 2.38 bits per heavy atom. The van der Waals surface area contributed by atoms with Crippen LogP contribution in [0.1, 0.15) is 11.1 Å². The molecule has 0 saturated heterocycles. The summed E-state index contributed by atoms with van der Waals surface area (Å²) < 4.78 is 4.38. The molecule has 0 N–H and O–H groups in total. The van der Waals surface area contributed by atoms with Gasteiger partial charge in [-0.25, -0.2) is 4.79 Å². The molecule has 0 radical (unpaired) electrons. The van der Waals surface area contributed by atoms with Crippen molar-refractivity contribution in [2.75, 3.05) is 7.11 Å². The molecular formula is C10H9NO2. The number of ether oxygens (including phenoxy) is 1. The second-order valence-electron chi connectivity index (χ2n) is 2.43. The predicted molar refractivity (Wildman–Crippen MR) is 47.9 cm³/mol. The van der Waals surface area contributed by atoms with Gasteiger partial charge in [0.1, 0.15) is 0 Å². The summed E-state index contributed by atoms with van der Waals surface area (Å²) in [6, 6.07) is 1.76. The summed E-state index contributed by atoms with van der Waals surface area (Å²) in [4.78, 5) is 14.6. The van der Waals surface area contributed by atoms with Crippen molar-refractivity contribution in [3.8, 4) is 11.8 Å². The minimum atomic E-state index is -0.531. The molecule has 0 amide bonds. The van der Waals surface area contributed by atoms with Gasteiger partial charge >= 0.3 is 5.97 Å². The van der Waals surface area contributed by atoms with Crippen molar-refractivity contribution in [3.05, 3.63) is 29.6 Å². The van der Waals surface area contributed by atoms with Crippen LogP contribution in [0.15, 0.2) is 18.5 Å². The highest BCUT2D eigenvalue weighted by Crippen LogP contribution is 2.01. The number of aryl methyl sites for hydroxylation is 1. The van der Waals surface area contributed by atoms with Crippen LogP contribution < -0.4 is 0 Å². The van der Waals surface area contributed by atoms with E-state index in [1.165, 1.54) is 7.11 Å². The highest BCUT2D eigenvalue weighted by atomic mass is 16.5. The molecule has 1 aromatic heterocycles. The van der Waals surface area contributed by atoms with Crippen molar-refractivity contribution in [1.82, 2.24) is 4.98 Å². The van der Waals surface area contributed by atoms with E-state index >= 15 is 0 Å². The predicted octanol–water partition coefficient (Wildman–Crippen LogP) is 0.915. The van der Waals surface area contributed by atoms with E-state index in [-0.39, 0.29) is 0 Å². The van der Waals surface area contributed by atoms with Gasteiger partial charge in [0.25, 0.3) is 0 Å². The number of hydrogen-bond acceptors (Lipinski definition) is 3. The van der Waals surface area contributed by atoms with Gasteiger partial charge in [0.15, 0.2) is 0 Å². The summed E-state index contributed by atoms with van der Waals surface area (Å²) in [6.45, 7) is 1.88. The Balaban J connectivity index is 2.89. The Kier molecular flexibility index (Phi) is 3.04. The largest absolute Gasteiger partial charge is 0.459 e. The van der Waals surface area contributed by atoms with Crippen LogP contribution in [0.25, 0.3) is 0 Å². The van der Waals surface area contributed by atoms with Crippen LogP contribution >= 0.6 is 0 Å². The molecule has 1 rings (SSSR count). The fourth-order valence-electron chi connectivity index (χ4n) is 0.783. The van der Waals surface area contributed by atoms with E-state index in [1.54, 1.807) is 18.5 Å². The second kappa shape index (κ2) is 4.27. The van der Waals surface area contributed by atoms with E-state index in [0.717, 1.165) is 11.1 Å². The van der Waals surface area contributed by atoms with Gasteiger partial charge in [-0.15, -0.1) is 0 Å². The van der Waals surface area contributed by atoms with Gasteiger partial charge in [-0.1, -0.05) is 5.92 Å².